The van der Waals surface area contributed by atoms with E-state index in [4.69, 9.17) is 14.2 Å². The lowest BCUT2D eigenvalue weighted by Crippen LogP contribution is -2.59. The summed E-state index contributed by atoms with van der Waals surface area (Å²) in [7, 11) is 0. The van der Waals surface area contributed by atoms with Crippen molar-refractivity contribution in [1.29, 1.82) is 0 Å². The minimum Gasteiger partial charge on any atom is -0.494 e. The maximum Gasteiger partial charge on any atom is 0.409 e. The average Bonchev–Trinajstić information content (AvgIpc) is 2.67. The van der Waals surface area contributed by atoms with Crippen molar-refractivity contribution in [2.75, 3.05) is 46.1 Å². The van der Waals surface area contributed by atoms with Crippen molar-refractivity contribution in [3.05, 3.63) is 29.8 Å². The maximum atomic E-state index is 12.2. The molecule has 3 rings (SSSR count). The number of para-hydroxylation sites is 1. The van der Waals surface area contributed by atoms with Gasteiger partial charge in [-0.2, -0.15) is 0 Å². The van der Waals surface area contributed by atoms with Crippen LogP contribution in [0.4, 0.5) is 9.18 Å². The zero-order chi connectivity index (χ0) is 18.4. The molecule has 2 aliphatic heterocycles. The molecule has 144 valence electrons. The van der Waals surface area contributed by atoms with Crippen LogP contribution in [0.3, 0.4) is 0 Å². The predicted molar refractivity (Wildman–Crippen MR) is 95.1 cm³/mol. The Morgan fingerprint density at radius 2 is 2.19 bits per heavy atom. The highest BCUT2D eigenvalue weighted by molar-refractivity contribution is 5.67. The number of halogens is 1. The molecule has 2 heterocycles. The summed E-state index contributed by atoms with van der Waals surface area (Å²) in [6.45, 7) is 5.14. The predicted octanol–water partition coefficient (Wildman–Crippen LogP) is 2.47. The number of hydrogen-bond donors (Lipinski definition) is 0. The van der Waals surface area contributed by atoms with Gasteiger partial charge in [0, 0.05) is 31.2 Å². The molecule has 0 radical (unpaired) electrons. The number of ether oxygens (including phenoxy) is 3. The van der Waals surface area contributed by atoms with Gasteiger partial charge < -0.3 is 19.1 Å². The monoisotopic (exact) mass is 366 g/mol. The van der Waals surface area contributed by atoms with E-state index >= 15 is 0 Å². The number of nitrogens with zero attached hydrogens (tertiary/aromatic N) is 2. The van der Waals surface area contributed by atoms with Crippen LogP contribution < -0.4 is 4.74 Å². The summed E-state index contributed by atoms with van der Waals surface area (Å²) in [6, 6.07) is 8.36. The Morgan fingerprint density at radius 1 is 1.35 bits per heavy atom. The van der Waals surface area contributed by atoms with E-state index in [1.165, 1.54) is 5.56 Å². The first kappa shape index (κ1) is 18.9. The van der Waals surface area contributed by atoms with Crippen molar-refractivity contribution in [2.24, 2.45) is 0 Å². The number of amides is 1. The Kier molecular flexibility index (Phi) is 6.68. The highest BCUT2D eigenvalue weighted by Gasteiger charge is 2.38. The first-order valence-corrected chi connectivity index (χ1v) is 9.27. The molecule has 2 fully saturated rings. The Balaban J connectivity index is 1.63. The smallest absolute Gasteiger partial charge is 0.409 e. The number of benzene rings is 1. The topological polar surface area (TPSA) is 51.2 Å². The van der Waals surface area contributed by atoms with Crippen LogP contribution in [0.5, 0.6) is 5.75 Å². The first-order chi connectivity index (χ1) is 12.7. The van der Waals surface area contributed by atoms with Gasteiger partial charge >= 0.3 is 6.09 Å². The molecule has 2 saturated heterocycles. The Morgan fingerprint density at radius 3 is 3.00 bits per heavy atom. The zero-order valence-corrected chi connectivity index (χ0v) is 15.2. The van der Waals surface area contributed by atoms with E-state index < -0.39 is 12.8 Å². The van der Waals surface area contributed by atoms with E-state index in [1.54, 1.807) is 4.90 Å². The number of carbonyl (C=O) groups excluding carboxylic acids is 1. The molecule has 0 bridgehead atoms. The van der Waals surface area contributed by atoms with Crippen molar-refractivity contribution in [3.63, 3.8) is 0 Å². The molecule has 0 aliphatic carbocycles. The molecule has 0 unspecified atom stereocenters. The average molecular weight is 366 g/mol. The number of fused-ring (bicyclic) bond motifs is 1. The fourth-order valence-corrected chi connectivity index (χ4v) is 3.70. The molecule has 2 aliphatic rings. The molecule has 0 aromatic heterocycles. The lowest BCUT2D eigenvalue weighted by molar-refractivity contribution is -0.104. The van der Waals surface area contributed by atoms with Crippen LogP contribution in [0.15, 0.2) is 24.3 Å². The summed E-state index contributed by atoms with van der Waals surface area (Å²) in [6.07, 6.45) is 0.310. The van der Waals surface area contributed by atoms with Gasteiger partial charge in [-0.1, -0.05) is 18.2 Å². The highest BCUT2D eigenvalue weighted by Crippen LogP contribution is 2.27. The summed E-state index contributed by atoms with van der Waals surface area (Å²) in [5, 5.41) is 0. The van der Waals surface area contributed by atoms with Gasteiger partial charge in [0.05, 0.1) is 25.9 Å². The van der Waals surface area contributed by atoms with E-state index in [2.05, 4.69) is 11.0 Å². The van der Waals surface area contributed by atoms with Crippen molar-refractivity contribution in [2.45, 2.75) is 32.0 Å². The van der Waals surface area contributed by atoms with Gasteiger partial charge in [-0.25, -0.2) is 9.18 Å². The number of hydrogen-bond acceptors (Lipinski definition) is 5. The molecular formula is C19H27FN2O4. The lowest BCUT2D eigenvalue weighted by atomic mass is 9.97. The zero-order valence-electron chi connectivity index (χ0n) is 15.2. The second kappa shape index (κ2) is 9.19. The molecule has 6 nitrogen and oxygen atoms in total. The highest BCUT2D eigenvalue weighted by atomic mass is 19.1. The van der Waals surface area contributed by atoms with Gasteiger partial charge in [0.15, 0.2) is 0 Å². The van der Waals surface area contributed by atoms with Gasteiger partial charge in [0.25, 0.3) is 0 Å². The molecule has 7 heteroatoms. The Labute approximate surface area is 153 Å². The van der Waals surface area contributed by atoms with Crippen LogP contribution in [0.2, 0.25) is 0 Å². The number of piperidine rings is 1. The lowest BCUT2D eigenvalue weighted by Gasteiger charge is -2.46. The summed E-state index contributed by atoms with van der Waals surface area (Å²) < 4.78 is 28.8. The fraction of sp³-hybridized carbons (Fsp3) is 0.632. The van der Waals surface area contributed by atoms with Gasteiger partial charge in [-0.15, -0.1) is 0 Å². The minimum atomic E-state index is -0.658. The van der Waals surface area contributed by atoms with Crippen LogP contribution in [0.1, 0.15) is 18.9 Å². The molecule has 26 heavy (non-hydrogen) atoms. The van der Waals surface area contributed by atoms with E-state index in [1.807, 2.05) is 25.1 Å². The minimum absolute atomic E-state index is 0.0466. The summed E-state index contributed by atoms with van der Waals surface area (Å²) in [4.78, 5) is 16.0. The second-order valence-electron chi connectivity index (χ2n) is 6.53. The van der Waals surface area contributed by atoms with Crippen molar-refractivity contribution >= 4 is 6.09 Å². The third-order valence-corrected chi connectivity index (χ3v) is 4.91. The Bertz CT molecular complexity index is 601. The van der Waals surface area contributed by atoms with Crippen LogP contribution in [-0.2, 0) is 16.0 Å². The number of morpholine rings is 1. The van der Waals surface area contributed by atoms with Gasteiger partial charge in [0.2, 0.25) is 0 Å². The molecule has 0 N–H and O–H groups in total. The summed E-state index contributed by atoms with van der Waals surface area (Å²) in [5.74, 6) is 0.922. The van der Waals surface area contributed by atoms with Crippen molar-refractivity contribution in [1.82, 2.24) is 9.80 Å². The molecule has 1 aromatic rings. The fourth-order valence-electron chi connectivity index (χ4n) is 3.70. The number of rotatable bonds is 6. The number of alkyl halides is 1. The molecule has 2 atom stereocenters. The quantitative estimate of drug-likeness (QED) is 0.774. The van der Waals surface area contributed by atoms with Crippen molar-refractivity contribution in [3.8, 4) is 5.75 Å². The van der Waals surface area contributed by atoms with E-state index in [9.17, 15) is 9.18 Å². The van der Waals surface area contributed by atoms with E-state index in [0.717, 1.165) is 25.3 Å². The Hall–Kier alpha value is -1.86. The maximum absolute atomic E-state index is 12.2. The molecule has 0 saturated carbocycles. The normalized spacial score (nSPS) is 23.4. The van der Waals surface area contributed by atoms with Crippen molar-refractivity contribution < 1.29 is 23.4 Å². The van der Waals surface area contributed by atoms with Crippen LogP contribution >= 0.6 is 0 Å². The third-order valence-electron chi connectivity index (χ3n) is 4.91. The summed E-state index contributed by atoms with van der Waals surface area (Å²) in [5.41, 5.74) is 1.17. The second-order valence-corrected chi connectivity index (χ2v) is 6.53. The van der Waals surface area contributed by atoms with Crippen LogP contribution in [0.25, 0.3) is 0 Å². The van der Waals surface area contributed by atoms with Crippen LogP contribution in [-0.4, -0.2) is 74.2 Å². The third kappa shape index (κ3) is 4.45. The first-order valence-electron chi connectivity index (χ1n) is 9.27. The number of likely N-dealkylation sites (tertiary alicyclic amines) is 1. The molecule has 1 aromatic carbocycles. The SMILES string of the molecule is CCOc1ccccc1CN1CCO[C@H]2CN(C(=O)OCCF)CC[C@@H]21. The number of carbonyl (C=O) groups is 1. The molecule has 0 spiro atoms. The summed E-state index contributed by atoms with van der Waals surface area (Å²) >= 11 is 0. The van der Waals surface area contributed by atoms with Crippen LogP contribution in [0, 0.1) is 0 Å². The van der Waals surface area contributed by atoms with Gasteiger partial charge in [-0.05, 0) is 19.4 Å². The molecular weight excluding hydrogens is 339 g/mol. The van der Waals surface area contributed by atoms with E-state index in [-0.39, 0.29) is 18.8 Å². The largest absolute Gasteiger partial charge is 0.494 e. The van der Waals surface area contributed by atoms with E-state index in [0.29, 0.717) is 26.3 Å². The standard InChI is InChI=1S/C19H27FN2O4/c1-2-24-17-6-4-3-5-15(17)13-21-10-12-25-18-14-22(9-7-16(18)21)19(23)26-11-8-20/h3-6,16,18H,2,7-14H2,1H3/t16-,18-/m0/s1. The molecule has 1 amide bonds. The van der Waals surface area contributed by atoms with Gasteiger partial charge in [0.1, 0.15) is 19.0 Å². The van der Waals surface area contributed by atoms with Gasteiger partial charge in [-0.3, -0.25) is 4.90 Å².